The first-order valence-corrected chi connectivity index (χ1v) is 15.6. The molecule has 1 saturated heterocycles. The van der Waals surface area contributed by atoms with E-state index < -0.39 is 0 Å². The summed E-state index contributed by atoms with van der Waals surface area (Å²) in [6.45, 7) is 4.48. The van der Waals surface area contributed by atoms with Gasteiger partial charge in [0.15, 0.2) is 0 Å². The lowest BCUT2D eigenvalue weighted by Crippen LogP contribution is -2.63. The predicted octanol–water partition coefficient (Wildman–Crippen LogP) is 8.24. The highest BCUT2D eigenvalue weighted by atomic mass is 16.6. The Hall–Kier alpha value is -4.06. The van der Waals surface area contributed by atoms with Crippen LogP contribution in [0, 0.1) is 0 Å². The first-order valence-electron chi connectivity index (χ1n) is 15.6. The second-order valence-electron chi connectivity index (χ2n) is 11.5. The van der Waals surface area contributed by atoms with Crippen LogP contribution in [-0.2, 0) is 34.0 Å². The average molecular weight is 584 g/mol. The molecule has 5 aromatic carbocycles. The monoisotopic (exact) mass is 583 g/mol. The molecule has 0 saturated carbocycles. The standard InChI is InChI=1S/C40H41NO3/c1-31-39(43-29-33-19-9-3-10-20-33)40(44-30-34-21-11-4-12-22-34)37(42-28-32-17-7-2-8-18-32)27-41(31)38(35-23-13-5-14-24-35)36-25-15-6-16-26-36/h2-26,31,37-40H,27-30H2,1H3/t31-,37+,39-,40-/m1/s1. The Morgan fingerprint density at radius 1 is 0.500 bits per heavy atom. The fourth-order valence-electron chi connectivity index (χ4n) is 6.23. The highest BCUT2D eigenvalue weighted by Gasteiger charge is 2.46. The molecule has 0 bridgehead atoms. The highest BCUT2D eigenvalue weighted by molar-refractivity contribution is 5.32. The van der Waals surface area contributed by atoms with Crippen molar-refractivity contribution in [2.45, 2.75) is 57.1 Å². The van der Waals surface area contributed by atoms with Crippen LogP contribution < -0.4 is 0 Å². The molecule has 1 fully saturated rings. The summed E-state index contributed by atoms with van der Waals surface area (Å²) in [6.07, 6.45) is -0.713. The molecule has 44 heavy (non-hydrogen) atoms. The summed E-state index contributed by atoms with van der Waals surface area (Å²) < 4.78 is 20.5. The summed E-state index contributed by atoms with van der Waals surface area (Å²) in [7, 11) is 0. The predicted molar refractivity (Wildman–Crippen MR) is 176 cm³/mol. The van der Waals surface area contributed by atoms with Gasteiger partial charge in [-0.25, -0.2) is 0 Å². The molecule has 1 aliphatic heterocycles. The average Bonchev–Trinajstić information content (AvgIpc) is 3.09. The summed E-state index contributed by atoms with van der Waals surface area (Å²) in [5.74, 6) is 0. The van der Waals surface area contributed by atoms with Gasteiger partial charge < -0.3 is 14.2 Å². The topological polar surface area (TPSA) is 30.9 Å². The van der Waals surface area contributed by atoms with Crippen molar-refractivity contribution in [2.24, 2.45) is 0 Å². The molecule has 224 valence electrons. The third-order valence-corrected chi connectivity index (χ3v) is 8.52. The van der Waals surface area contributed by atoms with Crippen molar-refractivity contribution in [3.05, 3.63) is 179 Å². The van der Waals surface area contributed by atoms with Crippen LogP contribution in [0.15, 0.2) is 152 Å². The molecule has 0 aromatic heterocycles. The van der Waals surface area contributed by atoms with Crippen LogP contribution in [0.2, 0.25) is 0 Å². The van der Waals surface area contributed by atoms with Gasteiger partial charge in [-0.3, -0.25) is 4.90 Å². The van der Waals surface area contributed by atoms with E-state index in [2.05, 4.69) is 145 Å². The fraction of sp³-hybridized carbons (Fsp3) is 0.250. The van der Waals surface area contributed by atoms with E-state index in [4.69, 9.17) is 14.2 Å². The molecule has 0 aliphatic carbocycles. The van der Waals surface area contributed by atoms with Crippen molar-refractivity contribution < 1.29 is 14.2 Å². The lowest BCUT2D eigenvalue weighted by Gasteiger charge is -2.50. The summed E-state index contributed by atoms with van der Waals surface area (Å²) in [5, 5.41) is 0. The van der Waals surface area contributed by atoms with Crippen LogP contribution in [0.1, 0.15) is 40.8 Å². The molecule has 4 heteroatoms. The Morgan fingerprint density at radius 3 is 1.30 bits per heavy atom. The molecular weight excluding hydrogens is 542 g/mol. The molecular formula is C40H41NO3. The zero-order valence-electron chi connectivity index (χ0n) is 25.3. The second-order valence-corrected chi connectivity index (χ2v) is 11.5. The lowest BCUT2D eigenvalue weighted by molar-refractivity contribution is -0.204. The minimum atomic E-state index is -0.263. The van der Waals surface area contributed by atoms with E-state index in [9.17, 15) is 0 Å². The summed E-state index contributed by atoms with van der Waals surface area (Å²) in [4.78, 5) is 2.55. The van der Waals surface area contributed by atoms with E-state index in [1.165, 1.54) is 11.1 Å². The zero-order chi connectivity index (χ0) is 30.0. The van der Waals surface area contributed by atoms with Gasteiger partial charge in [0.25, 0.3) is 0 Å². The van der Waals surface area contributed by atoms with E-state index >= 15 is 0 Å². The molecule has 0 N–H and O–H groups in total. The van der Waals surface area contributed by atoms with E-state index in [1.54, 1.807) is 0 Å². The number of likely N-dealkylation sites (tertiary alicyclic amines) is 1. The van der Waals surface area contributed by atoms with Crippen LogP contribution in [0.4, 0.5) is 0 Å². The number of ether oxygens (including phenoxy) is 3. The lowest BCUT2D eigenvalue weighted by atomic mass is 9.88. The number of rotatable bonds is 12. The first-order chi connectivity index (χ1) is 21.8. The normalized spacial score (nSPS) is 20.5. The molecule has 1 heterocycles. The minimum Gasteiger partial charge on any atom is -0.369 e. The minimum absolute atomic E-state index is 0.0353. The van der Waals surface area contributed by atoms with E-state index in [-0.39, 0.29) is 30.4 Å². The number of benzene rings is 5. The molecule has 0 amide bonds. The van der Waals surface area contributed by atoms with Crippen molar-refractivity contribution in [2.75, 3.05) is 6.54 Å². The molecule has 0 radical (unpaired) electrons. The number of hydrogen-bond acceptors (Lipinski definition) is 4. The van der Waals surface area contributed by atoms with Crippen molar-refractivity contribution in [1.29, 1.82) is 0 Å². The van der Waals surface area contributed by atoms with Crippen molar-refractivity contribution in [3.63, 3.8) is 0 Å². The van der Waals surface area contributed by atoms with Crippen molar-refractivity contribution in [1.82, 2.24) is 4.90 Å². The quantitative estimate of drug-likeness (QED) is 0.148. The van der Waals surface area contributed by atoms with Gasteiger partial charge in [0, 0.05) is 12.6 Å². The Bertz CT molecular complexity index is 1480. The largest absolute Gasteiger partial charge is 0.369 e. The van der Waals surface area contributed by atoms with Crippen LogP contribution in [0.3, 0.4) is 0 Å². The molecule has 5 aromatic rings. The number of hydrogen-bond donors (Lipinski definition) is 0. The van der Waals surface area contributed by atoms with Gasteiger partial charge in [-0.05, 0) is 34.7 Å². The van der Waals surface area contributed by atoms with Gasteiger partial charge in [-0.2, -0.15) is 0 Å². The summed E-state index contributed by atoms with van der Waals surface area (Å²) in [5.41, 5.74) is 5.92. The second kappa shape index (κ2) is 15.1. The van der Waals surface area contributed by atoms with E-state index in [1.807, 2.05) is 18.2 Å². The molecule has 0 unspecified atom stereocenters. The van der Waals surface area contributed by atoms with Gasteiger partial charge in [0.1, 0.15) is 12.2 Å². The van der Waals surface area contributed by atoms with Crippen molar-refractivity contribution in [3.8, 4) is 0 Å². The van der Waals surface area contributed by atoms with E-state index in [0.29, 0.717) is 26.4 Å². The summed E-state index contributed by atoms with van der Waals surface area (Å²) >= 11 is 0. The molecule has 0 spiro atoms. The Labute approximate surface area is 261 Å². The third kappa shape index (κ3) is 7.53. The molecule has 1 aliphatic rings. The maximum atomic E-state index is 6.87. The van der Waals surface area contributed by atoms with Gasteiger partial charge in [0.05, 0.1) is 32.0 Å². The SMILES string of the molecule is C[C@@H]1[C@@H](OCc2ccccc2)[C@H](OCc2ccccc2)[C@@H](OCc2ccccc2)CN1C(c1ccccc1)c1ccccc1. The van der Waals surface area contributed by atoms with E-state index in [0.717, 1.165) is 16.7 Å². The molecule has 6 rings (SSSR count). The van der Waals surface area contributed by atoms with Gasteiger partial charge in [-0.1, -0.05) is 152 Å². The zero-order valence-corrected chi connectivity index (χ0v) is 25.3. The fourth-order valence-corrected chi connectivity index (χ4v) is 6.23. The van der Waals surface area contributed by atoms with Crippen LogP contribution in [0.5, 0.6) is 0 Å². The van der Waals surface area contributed by atoms with Gasteiger partial charge in [-0.15, -0.1) is 0 Å². The van der Waals surface area contributed by atoms with Crippen molar-refractivity contribution >= 4 is 0 Å². The Kier molecular flexibility index (Phi) is 10.3. The first kappa shape index (κ1) is 30.0. The molecule has 4 atom stereocenters. The van der Waals surface area contributed by atoms with Gasteiger partial charge >= 0.3 is 0 Å². The summed E-state index contributed by atoms with van der Waals surface area (Å²) in [6, 6.07) is 52.8. The highest BCUT2D eigenvalue weighted by Crippen LogP contribution is 2.37. The Morgan fingerprint density at radius 2 is 0.864 bits per heavy atom. The van der Waals surface area contributed by atoms with Gasteiger partial charge in [0.2, 0.25) is 0 Å². The number of nitrogens with zero attached hydrogens (tertiary/aromatic N) is 1. The maximum absolute atomic E-state index is 6.87. The Balaban J connectivity index is 1.36. The van der Waals surface area contributed by atoms with Crippen LogP contribution in [-0.4, -0.2) is 35.8 Å². The smallest absolute Gasteiger partial charge is 0.113 e. The maximum Gasteiger partial charge on any atom is 0.113 e. The molecule has 4 nitrogen and oxygen atoms in total. The number of piperidine rings is 1. The van der Waals surface area contributed by atoms with Crippen LogP contribution >= 0.6 is 0 Å². The third-order valence-electron chi connectivity index (χ3n) is 8.52. The van der Waals surface area contributed by atoms with Crippen LogP contribution in [0.25, 0.3) is 0 Å².